The number of benzene rings is 1. The quantitative estimate of drug-likeness (QED) is 0.601. The van der Waals surface area contributed by atoms with Crippen molar-refractivity contribution in [1.82, 2.24) is 10.3 Å². The number of hydrogen-bond acceptors (Lipinski definition) is 5. The van der Waals surface area contributed by atoms with Crippen molar-refractivity contribution in [2.24, 2.45) is 0 Å². The number of thiocarbonyl (C=S) groups is 1. The van der Waals surface area contributed by atoms with E-state index in [4.69, 9.17) is 16.6 Å². The Kier molecular flexibility index (Phi) is 5.01. The molecule has 150 valence electrons. The lowest BCUT2D eigenvalue weighted by Crippen LogP contribution is -2.29. The van der Waals surface area contributed by atoms with Crippen molar-refractivity contribution in [3.8, 4) is 0 Å². The van der Waals surface area contributed by atoms with Crippen molar-refractivity contribution in [2.75, 3.05) is 15.9 Å². The van der Waals surface area contributed by atoms with Crippen LogP contribution in [0.15, 0.2) is 65.4 Å². The highest BCUT2D eigenvalue weighted by Crippen LogP contribution is 2.42. The molecule has 0 spiro atoms. The van der Waals surface area contributed by atoms with E-state index in [-0.39, 0.29) is 12.1 Å². The van der Waals surface area contributed by atoms with Gasteiger partial charge in [0.05, 0.1) is 29.9 Å². The number of aryl methyl sites for hydroxylation is 1. The highest BCUT2D eigenvalue weighted by Gasteiger charge is 2.42. The standard InChI is InChI=1S/C20H20N4O3S2/c1-13-12-14(8-9-15(13)23-29(2,25)26)24-19(17-7-5-11-27-17)18(22-20(24)28)16-6-3-4-10-21-16/h3-12,18-19,23H,1-2H3,(H,22,28)/t18-,19+/m1/s1. The second kappa shape index (κ2) is 7.49. The molecule has 7 nitrogen and oxygen atoms in total. The van der Waals surface area contributed by atoms with Crippen molar-refractivity contribution in [1.29, 1.82) is 0 Å². The summed E-state index contributed by atoms with van der Waals surface area (Å²) in [7, 11) is -3.36. The molecule has 1 aliphatic heterocycles. The summed E-state index contributed by atoms with van der Waals surface area (Å²) in [6, 6.07) is 14.6. The fourth-order valence-corrected chi connectivity index (χ4v) is 4.47. The van der Waals surface area contributed by atoms with Gasteiger partial charge in [0.2, 0.25) is 10.0 Å². The van der Waals surface area contributed by atoms with Crippen molar-refractivity contribution in [3.63, 3.8) is 0 Å². The Morgan fingerprint density at radius 2 is 2.03 bits per heavy atom. The van der Waals surface area contributed by atoms with E-state index in [0.29, 0.717) is 10.8 Å². The van der Waals surface area contributed by atoms with Crippen molar-refractivity contribution in [3.05, 3.63) is 78.0 Å². The molecule has 0 bridgehead atoms. The van der Waals surface area contributed by atoms with Crippen LogP contribution in [0.1, 0.15) is 29.1 Å². The van der Waals surface area contributed by atoms with Crippen molar-refractivity contribution >= 4 is 38.7 Å². The fourth-order valence-electron chi connectivity index (χ4n) is 3.49. The van der Waals surface area contributed by atoms with Gasteiger partial charge in [0, 0.05) is 11.9 Å². The van der Waals surface area contributed by atoms with Gasteiger partial charge in [-0.3, -0.25) is 9.71 Å². The van der Waals surface area contributed by atoms with E-state index in [9.17, 15) is 8.42 Å². The largest absolute Gasteiger partial charge is 0.467 e. The lowest BCUT2D eigenvalue weighted by molar-refractivity contribution is 0.432. The minimum Gasteiger partial charge on any atom is -0.467 e. The van der Waals surface area contributed by atoms with E-state index in [1.807, 2.05) is 54.3 Å². The summed E-state index contributed by atoms with van der Waals surface area (Å²) < 4.78 is 31.4. The number of aromatic nitrogens is 1. The van der Waals surface area contributed by atoms with Crippen LogP contribution in [0.2, 0.25) is 0 Å². The highest BCUT2D eigenvalue weighted by atomic mass is 32.2. The van der Waals surface area contributed by atoms with Gasteiger partial charge in [0.15, 0.2) is 5.11 Å². The average Bonchev–Trinajstić information content (AvgIpc) is 3.30. The first-order chi connectivity index (χ1) is 13.8. The Balaban J connectivity index is 1.76. The molecule has 3 heterocycles. The van der Waals surface area contributed by atoms with Gasteiger partial charge in [0.25, 0.3) is 0 Å². The van der Waals surface area contributed by atoms with Crippen LogP contribution in [0.3, 0.4) is 0 Å². The minimum absolute atomic E-state index is 0.191. The summed E-state index contributed by atoms with van der Waals surface area (Å²) in [5, 5.41) is 3.90. The van der Waals surface area contributed by atoms with Crippen molar-refractivity contribution in [2.45, 2.75) is 19.0 Å². The average molecular weight is 429 g/mol. The molecule has 2 N–H and O–H groups in total. The van der Waals surface area contributed by atoms with E-state index < -0.39 is 10.0 Å². The third-order valence-electron chi connectivity index (χ3n) is 4.72. The number of hydrogen-bond donors (Lipinski definition) is 2. The molecular weight excluding hydrogens is 408 g/mol. The van der Waals surface area contributed by atoms with Gasteiger partial charge in [0.1, 0.15) is 11.8 Å². The molecule has 1 aromatic carbocycles. The highest BCUT2D eigenvalue weighted by molar-refractivity contribution is 7.92. The lowest BCUT2D eigenvalue weighted by atomic mass is 10.0. The first kappa shape index (κ1) is 19.4. The van der Waals surface area contributed by atoms with Crippen molar-refractivity contribution < 1.29 is 12.8 Å². The van der Waals surface area contributed by atoms with E-state index >= 15 is 0 Å². The number of nitrogens with one attached hydrogen (secondary N) is 2. The van der Waals surface area contributed by atoms with Crippen LogP contribution in [-0.4, -0.2) is 24.8 Å². The molecule has 0 radical (unpaired) electrons. The van der Waals surface area contributed by atoms with Gasteiger partial charge in [-0.05, 0) is 67.2 Å². The van der Waals surface area contributed by atoms with E-state index in [1.165, 1.54) is 0 Å². The maximum absolute atomic E-state index is 11.6. The smallest absolute Gasteiger partial charge is 0.229 e. The molecule has 1 fully saturated rings. The van der Waals surface area contributed by atoms with Crippen LogP contribution in [0.4, 0.5) is 11.4 Å². The van der Waals surface area contributed by atoms with E-state index in [1.54, 1.807) is 18.5 Å². The normalized spacial score (nSPS) is 19.2. The van der Waals surface area contributed by atoms with Gasteiger partial charge in [-0.15, -0.1) is 0 Å². The minimum atomic E-state index is -3.36. The molecule has 2 atom stereocenters. The number of sulfonamides is 1. The number of furan rings is 1. The maximum Gasteiger partial charge on any atom is 0.229 e. The Morgan fingerprint density at radius 3 is 2.66 bits per heavy atom. The summed E-state index contributed by atoms with van der Waals surface area (Å²) in [6.45, 7) is 1.85. The van der Waals surface area contributed by atoms with E-state index in [2.05, 4.69) is 15.0 Å². The molecule has 0 amide bonds. The molecule has 0 saturated carbocycles. The second-order valence-corrected chi connectivity index (χ2v) is 9.02. The number of anilines is 2. The predicted octanol–water partition coefficient (Wildman–Crippen LogP) is 3.53. The van der Waals surface area contributed by atoms with Crippen LogP contribution in [0.25, 0.3) is 0 Å². The zero-order valence-electron chi connectivity index (χ0n) is 15.9. The van der Waals surface area contributed by atoms with Gasteiger partial charge in [-0.25, -0.2) is 8.42 Å². The molecule has 9 heteroatoms. The second-order valence-electron chi connectivity index (χ2n) is 6.89. The lowest BCUT2D eigenvalue weighted by Gasteiger charge is -2.26. The first-order valence-electron chi connectivity index (χ1n) is 8.96. The SMILES string of the molecule is Cc1cc(N2C(=S)N[C@H](c3ccccn3)[C@@H]2c2ccco2)ccc1NS(C)(=O)=O. The van der Waals surface area contributed by atoms with E-state index in [0.717, 1.165) is 29.0 Å². The van der Waals surface area contributed by atoms with Crippen LogP contribution < -0.4 is 14.9 Å². The summed E-state index contributed by atoms with van der Waals surface area (Å²) in [4.78, 5) is 6.47. The van der Waals surface area contributed by atoms with Crippen LogP contribution >= 0.6 is 12.2 Å². The molecular formula is C20H20N4O3S2. The van der Waals surface area contributed by atoms with Crippen LogP contribution in [0, 0.1) is 6.92 Å². The Morgan fingerprint density at radius 1 is 1.21 bits per heavy atom. The monoisotopic (exact) mass is 428 g/mol. The fraction of sp³-hybridized carbons (Fsp3) is 0.200. The third kappa shape index (κ3) is 3.96. The van der Waals surface area contributed by atoms with Crippen LogP contribution in [-0.2, 0) is 10.0 Å². The topological polar surface area (TPSA) is 87.5 Å². The molecule has 0 unspecified atom stereocenters. The number of nitrogens with zero attached hydrogens (tertiary/aromatic N) is 2. The van der Waals surface area contributed by atoms with Crippen LogP contribution in [0.5, 0.6) is 0 Å². The number of pyridine rings is 1. The molecule has 2 aromatic heterocycles. The summed E-state index contributed by atoms with van der Waals surface area (Å²) in [5.74, 6) is 0.754. The van der Waals surface area contributed by atoms with Gasteiger partial charge < -0.3 is 14.6 Å². The molecule has 0 aliphatic carbocycles. The Bertz CT molecular complexity index is 1130. The molecule has 4 rings (SSSR count). The summed E-state index contributed by atoms with van der Waals surface area (Å²) >= 11 is 5.65. The predicted molar refractivity (Wildman–Crippen MR) is 116 cm³/mol. The Hall–Kier alpha value is -2.91. The molecule has 1 saturated heterocycles. The summed E-state index contributed by atoms with van der Waals surface area (Å²) in [6.07, 6.45) is 4.51. The zero-order valence-corrected chi connectivity index (χ0v) is 17.5. The maximum atomic E-state index is 11.6. The molecule has 1 aliphatic rings. The third-order valence-corrected chi connectivity index (χ3v) is 5.62. The first-order valence-corrected chi connectivity index (χ1v) is 11.3. The Labute approximate surface area is 174 Å². The molecule has 3 aromatic rings. The van der Waals surface area contributed by atoms with Gasteiger partial charge >= 0.3 is 0 Å². The zero-order chi connectivity index (χ0) is 20.6. The number of rotatable bonds is 5. The van der Waals surface area contributed by atoms with Gasteiger partial charge in [-0.1, -0.05) is 6.07 Å². The molecule has 29 heavy (non-hydrogen) atoms. The van der Waals surface area contributed by atoms with Gasteiger partial charge in [-0.2, -0.15) is 0 Å². The summed E-state index contributed by atoms with van der Waals surface area (Å²) in [5.41, 5.74) is 3.00.